The van der Waals surface area contributed by atoms with Crippen LogP contribution < -0.4 is 21.3 Å². The molecule has 0 fully saturated rings. The third-order valence-electron chi connectivity index (χ3n) is 4.76. The molecule has 0 bridgehead atoms. The van der Waals surface area contributed by atoms with E-state index in [1.165, 1.54) is 0 Å². The molecule has 0 aliphatic carbocycles. The van der Waals surface area contributed by atoms with Gasteiger partial charge in [-0.1, -0.05) is 46.9 Å². The van der Waals surface area contributed by atoms with Crippen molar-refractivity contribution in [3.05, 3.63) is 48.8 Å². The summed E-state index contributed by atoms with van der Waals surface area (Å²) in [5.41, 5.74) is 3.47. The molecule has 172 valence electrons. The first-order chi connectivity index (χ1) is 14.7. The number of amides is 2. The Balaban J connectivity index is 2.52. The molecule has 1 aromatic rings. The fourth-order valence-corrected chi connectivity index (χ4v) is 3.37. The average Bonchev–Trinajstić information content (AvgIpc) is 2.68. The van der Waals surface area contributed by atoms with Gasteiger partial charge in [-0.25, -0.2) is 0 Å². The van der Waals surface area contributed by atoms with Gasteiger partial charge in [-0.2, -0.15) is 0 Å². The number of benzene rings is 1. The van der Waals surface area contributed by atoms with E-state index in [1.807, 2.05) is 24.3 Å². The Morgan fingerprint density at radius 3 is 2.35 bits per heavy atom. The molecule has 0 spiro atoms. The predicted octanol–water partition coefficient (Wildman–Crippen LogP) is 4.89. The summed E-state index contributed by atoms with van der Waals surface area (Å²) in [6.07, 6.45) is 3.77. The monoisotopic (exact) mass is 428 g/mol. The Bertz CT molecular complexity index is 728. The van der Waals surface area contributed by atoms with Crippen LogP contribution in [0.1, 0.15) is 53.4 Å². The molecule has 1 aromatic carbocycles. The molecule has 0 heterocycles. The highest BCUT2D eigenvalue weighted by Crippen LogP contribution is 2.23. The third-order valence-corrected chi connectivity index (χ3v) is 4.76. The van der Waals surface area contributed by atoms with Crippen LogP contribution in [-0.2, 0) is 9.59 Å². The Morgan fingerprint density at radius 1 is 1.06 bits per heavy atom. The zero-order valence-corrected chi connectivity index (χ0v) is 19.6. The highest BCUT2D eigenvalue weighted by molar-refractivity contribution is 5.91. The Morgan fingerprint density at radius 2 is 1.74 bits per heavy atom. The Kier molecular flexibility index (Phi) is 12.1. The molecule has 6 nitrogen and oxygen atoms in total. The van der Waals surface area contributed by atoms with Crippen LogP contribution in [0.15, 0.2) is 48.8 Å². The van der Waals surface area contributed by atoms with Gasteiger partial charge in [0, 0.05) is 48.2 Å². The van der Waals surface area contributed by atoms with Gasteiger partial charge in [-0.15, -0.1) is 0 Å². The van der Waals surface area contributed by atoms with Crippen LogP contribution in [0.3, 0.4) is 0 Å². The van der Waals surface area contributed by atoms with Crippen molar-refractivity contribution in [2.75, 3.05) is 23.7 Å². The summed E-state index contributed by atoms with van der Waals surface area (Å²) in [5, 5.41) is 12.3. The average molecular weight is 429 g/mol. The van der Waals surface area contributed by atoms with E-state index in [0.29, 0.717) is 31.2 Å². The first-order valence-electron chi connectivity index (χ1n) is 11.2. The zero-order valence-electron chi connectivity index (χ0n) is 19.6. The lowest BCUT2D eigenvalue weighted by atomic mass is 9.94. The number of carbonyl (C=O) groups is 2. The second kappa shape index (κ2) is 14.3. The molecule has 0 aliphatic heterocycles. The Labute approximate surface area is 188 Å². The first kappa shape index (κ1) is 26.3. The highest BCUT2D eigenvalue weighted by Gasteiger charge is 2.15. The molecule has 1 unspecified atom stereocenters. The lowest BCUT2D eigenvalue weighted by Gasteiger charge is -2.22. The lowest BCUT2D eigenvalue weighted by molar-refractivity contribution is -0.116. The molecule has 0 saturated carbocycles. The molecule has 0 saturated heterocycles. The quantitative estimate of drug-likeness (QED) is 0.223. The van der Waals surface area contributed by atoms with Gasteiger partial charge in [0.1, 0.15) is 0 Å². The van der Waals surface area contributed by atoms with Gasteiger partial charge in [-0.05, 0) is 49.3 Å². The summed E-state index contributed by atoms with van der Waals surface area (Å²) in [7, 11) is 0. The molecule has 4 N–H and O–H groups in total. The van der Waals surface area contributed by atoms with Crippen LogP contribution in [0.5, 0.6) is 0 Å². The van der Waals surface area contributed by atoms with Gasteiger partial charge in [0.15, 0.2) is 0 Å². The minimum atomic E-state index is -0.0138. The van der Waals surface area contributed by atoms with E-state index >= 15 is 0 Å². The predicted molar refractivity (Wildman–Crippen MR) is 131 cm³/mol. The van der Waals surface area contributed by atoms with Crippen LogP contribution in [0.2, 0.25) is 0 Å². The summed E-state index contributed by atoms with van der Waals surface area (Å²) >= 11 is 0. The van der Waals surface area contributed by atoms with E-state index in [1.54, 1.807) is 0 Å². The van der Waals surface area contributed by atoms with Crippen LogP contribution in [0.25, 0.3) is 0 Å². The highest BCUT2D eigenvalue weighted by atomic mass is 16.1. The molecule has 6 heteroatoms. The van der Waals surface area contributed by atoms with Crippen molar-refractivity contribution in [2.45, 2.75) is 53.4 Å². The number of carbonyl (C=O) groups excluding carboxylic acids is 2. The second-order valence-electron chi connectivity index (χ2n) is 8.86. The van der Waals surface area contributed by atoms with Gasteiger partial charge >= 0.3 is 0 Å². The maximum Gasteiger partial charge on any atom is 0.224 e. The SMILES string of the molecule is C=C(CC(C)C)NCCCC(=O)Nc1cccc(NC(=C)C(CNC=O)CC(C)C)c1. The summed E-state index contributed by atoms with van der Waals surface area (Å²) in [6, 6.07) is 7.59. The lowest BCUT2D eigenvalue weighted by Crippen LogP contribution is -2.26. The van der Waals surface area contributed by atoms with Gasteiger partial charge < -0.3 is 21.3 Å². The van der Waals surface area contributed by atoms with Crippen LogP contribution >= 0.6 is 0 Å². The van der Waals surface area contributed by atoms with Crippen LogP contribution in [0.4, 0.5) is 11.4 Å². The van der Waals surface area contributed by atoms with Crippen molar-refractivity contribution in [3.8, 4) is 0 Å². The van der Waals surface area contributed by atoms with E-state index in [2.05, 4.69) is 62.1 Å². The molecule has 0 aliphatic rings. The minimum Gasteiger partial charge on any atom is -0.389 e. The van der Waals surface area contributed by atoms with E-state index < -0.39 is 0 Å². The number of nitrogens with one attached hydrogen (secondary N) is 4. The van der Waals surface area contributed by atoms with E-state index in [-0.39, 0.29) is 11.8 Å². The van der Waals surface area contributed by atoms with Crippen molar-refractivity contribution >= 4 is 23.7 Å². The van der Waals surface area contributed by atoms with E-state index in [9.17, 15) is 9.59 Å². The standard InChI is InChI=1S/C25H40N4O2/c1-18(2)13-20(5)27-12-8-11-25(31)29-24-10-7-9-23(15-24)28-21(6)22(14-19(3)4)16-26-17-30/h7,9-10,15,17-19,22,27-28H,5-6,8,11-14,16H2,1-4H3,(H,26,30)(H,29,31). The molecule has 0 radical (unpaired) electrons. The zero-order chi connectivity index (χ0) is 23.2. The molecule has 0 aromatic heterocycles. The number of hydrogen-bond acceptors (Lipinski definition) is 4. The topological polar surface area (TPSA) is 82.3 Å². The minimum absolute atomic E-state index is 0.0138. The summed E-state index contributed by atoms with van der Waals surface area (Å²) in [6.45, 7) is 18.1. The first-order valence-corrected chi connectivity index (χ1v) is 11.2. The fourth-order valence-electron chi connectivity index (χ4n) is 3.37. The second-order valence-corrected chi connectivity index (χ2v) is 8.86. The summed E-state index contributed by atoms with van der Waals surface area (Å²) < 4.78 is 0. The number of hydrogen-bond donors (Lipinski definition) is 4. The van der Waals surface area contributed by atoms with Crippen molar-refractivity contribution < 1.29 is 9.59 Å². The molecule has 2 amide bonds. The largest absolute Gasteiger partial charge is 0.389 e. The van der Waals surface area contributed by atoms with Crippen molar-refractivity contribution in [1.82, 2.24) is 10.6 Å². The molecular formula is C25H40N4O2. The maximum absolute atomic E-state index is 12.3. The van der Waals surface area contributed by atoms with Gasteiger partial charge in [0.05, 0.1) is 0 Å². The summed E-state index contributed by atoms with van der Waals surface area (Å²) in [4.78, 5) is 23.0. The molecule has 1 rings (SSSR count). The van der Waals surface area contributed by atoms with Crippen LogP contribution in [0, 0.1) is 17.8 Å². The normalized spacial score (nSPS) is 11.7. The van der Waals surface area contributed by atoms with Gasteiger partial charge in [-0.3, -0.25) is 9.59 Å². The van der Waals surface area contributed by atoms with Crippen molar-refractivity contribution in [2.24, 2.45) is 17.8 Å². The van der Waals surface area contributed by atoms with Crippen LogP contribution in [-0.4, -0.2) is 25.4 Å². The van der Waals surface area contributed by atoms with Crippen molar-refractivity contribution in [1.29, 1.82) is 0 Å². The fraction of sp³-hybridized carbons (Fsp3) is 0.520. The van der Waals surface area contributed by atoms with E-state index in [4.69, 9.17) is 0 Å². The molecular weight excluding hydrogens is 388 g/mol. The third kappa shape index (κ3) is 11.9. The van der Waals surface area contributed by atoms with Gasteiger partial charge in [0.25, 0.3) is 0 Å². The van der Waals surface area contributed by atoms with Gasteiger partial charge in [0.2, 0.25) is 12.3 Å². The number of allylic oxidation sites excluding steroid dienone is 1. The summed E-state index contributed by atoms with van der Waals surface area (Å²) in [5.74, 6) is 1.17. The number of anilines is 2. The maximum atomic E-state index is 12.3. The van der Waals surface area contributed by atoms with E-state index in [0.717, 1.165) is 48.6 Å². The smallest absolute Gasteiger partial charge is 0.224 e. The molecule has 1 atom stereocenters. The number of rotatable bonds is 16. The molecule has 31 heavy (non-hydrogen) atoms. The Hall–Kier alpha value is -2.76. The van der Waals surface area contributed by atoms with Crippen molar-refractivity contribution in [3.63, 3.8) is 0 Å².